The van der Waals surface area contributed by atoms with Gasteiger partial charge in [0.15, 0.2) is 0 Å². The molecule has 2 rings (SSSR count). The molecule has 0 aliphatic carbocycles. The Balaban J connectivity index is 2.06. The Labute approximate surface area is 113 Å². The Hall–Kier alpha value is -1.84. The SMILES string of the molecule is CC(C)(C)c1ccc(C2=NOC(CC(=O)O)C2)cc1. The van der Waals surface area contributed by atoms with Crippen LogP contribution >= 0.6 is 0 Å². The van der Waals surface area contributed by atoms with E-state index in [0.29, 0.717) is 6.42 Å². The molecule has 1 aliphatic heterocycles. The van der Waals surface area contributed by atoms with Crippen LogP contribution in [0.25, 0.3) is 0 Å². The van der Waals surface area contributed by atoms with Gasteiger partial charge in [0.25, 0.3) is 0 Å². The van der Waals surface area contributed by atoms with Crippen molar-refractivity contribution in [3.63, 3.8) is 0 Å². The molecule has 0 fully saturated rings. The third-order valence-electron chi connectivity index (χ3n) is 3.22. The van der Waals surface area contributed by atoms with E-state index in [4.69, 9.17) is 9.94 Å². The van der Waals surface area contributed by atoms with E-state index in [1.54, 1.807) is 0 Å². The molecule has 0 bridgehead atoms. The van der Waals surface area contributed by atoms with Gasteiger partial charge in [-0.15, -0.1) is 0 Å². The second-order valence-electron chi connectivity index (χ2n) is 5.89. The lowest BCUT2D eigenvalue weighted by Crippen LogP contribution is -2.14. The molecule has 102 valence electrons. The maximum absolute atomic E-state index is 10.6. The summed E-state index contributed by atoms with van der Waals surface area (Å²) in [7, 11) is 0. The number of nitrogens with zero attached hydrogens (tertiary/aromatic N) is 1. The molecule has 0 aromatic heterocycles. The number of oxime groups is 1. The van der Waals surface area contributed by atoms with E-state index in [2.05, 4.69) is 38.1 Å². The van der Waals surface area contributed by atoms with E-state index < -0.39 is 5.97 Å². The van der Waals surface area contributed by atoms with Crippen molar-refractivity contribution in [3.05, 3.63) is 35.4 Å². The summed E-state index contributed by atoms with van der Waals surface area (Å²) in [5.74, 6) is -0.857. The van der Waals surface area contributed by atoms with Gasteiger partial charge in [-0.05, 0) is 16.5 Å². The minimum Gasteiger partial charge on any atom is -0.481 e. The van der Waals surface area contributed by atoms with Crippen LogP contribution in [0.2, 0.25) is 0 Å². The summed E-state index contributed by atoms with van der Waals surface area (Å²) in [5, 5.41) is 12.7. The van der Waals surface area contributed by atoms with Gasteiger partial charge in [-0.3, -0.25) is 4.79 Å². The lowest BCUT2D eigenvalue weighted by Gasteiger charge is -2.19. The highest BCUT2D eigenvalue weighted by Crippen LogP contribution is 2.24. The smallest absolute Gasteiger partial charge is 0.307 e. The highest BCUT2D eigenvalue weighted by Gasteiger charge is 2.24. The molecule has 1 aromatic carbocycles. The van der Waals surface area contributed by atoms with Crippen LogP contribution in [-0.2, 0) is 15.0 Å². The summed E-state index contributed by atoms with van der Waals surface area (Å²) in [4.78, 5) is 15.8. The second kappa shape index (κ2) is 5.03. The van der Waals surface area contributed by atoms with Crippen LogP contribution < -0.4 is 0 Å². The number of rotatable bonds is 3. The minimum atomic E-state index is -0.857. The van der Waals surface area contributed by atoms with Gasteiger partial charge in [0, 0.05) is 6.42 Å². The van der Waals surface area contributed by atoms with Gasteiger partial charge in [0.1, 0.15) is 6.10 Å². The first-order valence-electron chi connectivity index (χ1n) is 6.41. The zero-order chi connectivity index (χ0) is 14.0. The third kappa shape index (κ3) is 3.34. The summed E-state index contributed by atoms with van der Waals surface area (Å²) < 4.78 is 0. The quantitative estimate of drug-likeness (QED) is 0.910. The van der Waals surface area contributed by atoms with Gasteiger partial charge in [-0.25, -0.2) is 0 Å². The first-order valence-corrected chi connectivity index (χ1v) is 6.41. The van der Waals surface area contributed by atoms with Crippen molar-refractivity contribution >= 4 is 11.7 Å². The topological polar surface area (TPSA) is 58.9 Å². The van der Waals surface area contributed by atoms with Crippen LogP contribution in [0, 0.1) is 0 Å². The molecule has 1 atom stereocenters. The van der Waals surface area contributed by atoms with Crippen LogP contribution in [-0.4, -0.2) is 22.9 Å². The molecule has 0 amide bonds. The van der Waals surface area contributed by atoms with E-state index in [9.17, 15) is 4.79 Å². The zero-order valence-electron chi connectivity index (χ0n) is 11.5. The van der Waals surface area contributed by atoms with E-state index in [1.807, 2.05) is 12.1 Å². The van der Waals surface area contributed by atoms with Crippen molar-refractivity contribution in [2.45, 2.75) is 45.1 Å². The second-order valence-corrected chi connectivity index (χ2v) is 5.89. The first kappa shape index (κ1) is 13.6. The number of hydrogen-bond acceptors (Lipinski definition) is 3. The average molecular weight is 261 g/mol. The number of carbonyl (C=O) groups is 1. The van der Waals surface area contributed by atoms with Gasteiger partial charge in [-0.2, -0.15) is 0 Å². The molecule has 19 heavy (non-hydrogen) atoms. The molecule has 1 unspecified atom stereocenters. The fraction of sp³-hybridized carbons (Fsp3) is 0.467. The lowest BCUT2D eigenvalue weighted by atomic mass is 9.86. The third-order valence-corrected chi connectivity index (χ3v) is 3.22. The molecule has 4 nitrogen and oxygen atoms in total. The number of carboxylic acid groups (broad SMARTS) is 1. The fourth-order valence-electron chi connectivity index (χ4n) is 2.07. The largest absolute Gasteiger partial charge is 0.481 e. The van der Waals surface area contributed by atoms with Gasteiger partial charge < -0.3 is 9.94 Å². The minimum absolute atomic E-state index is 0.00687. The molecule has 1 heterocycles. The normalized spacial score (nSPS) is 18.9. The van der Waals surface area contributed by atoms with Crippen molar-refractivity contribution in [3.8, 4) is 0 Å². The molecular weight excluding hydrogens is 242 g/mol. The summed E-state index contributed by atoms with van der Waals surface area (Å²) >= 11 is 0. The molecule has 0 saturated heterocycles. The van der Waals surface area contributed by atoms with Gasteiger partial charge in [0.05, 0.1) is 12.1 Å². The van der Waals surface area contributed by atoms with Crippen molar-refractivity contribution in [2.24, 2.45) is 5.16 Å². The van der Waals surface area contributed by atoms with Crippen LogP contribution in [0.3, 0.4) is 0 Å². The van der Waals surface area contributed by atoms with Crippen molar-refractivity contribution in [2.75, 3.05) is 0 Å². The maximum atomic E-state index is 10.6. The van der Waals surface area contributed by atoms with Crippen LogP contribution in [0.5, 0.6) is 0 Å². The van der Waals surface area contributed by atoms with Crippen LogP contribution in [0.15, 0.2) is 29.4 Å². The summed E-state index contributed by atoms with van der Waals surface area (Å²) in [6, 6.07) is 8.21. The van der Waals surface area contributed by atoms with Crippen LogP contribution in [0.4, 0.5) is 0 Å². The lowest BCUT2D eigenvalue weighted by molar-refractivity contribution is -0.139. The molecule has 0 spiro atoms. The molecule has 0 saturated carbocycles. The van der Waals surface area contributed by atoms with Crippen LogP contribution in [0.1, 0.15) is 44.7 Å². The molecule has 1 N–H and O–H groups in total. The Morgan fingerprint density at radius 1 is 1.37 bits per heavy atom. The Morgan fingerprint density at radius 2 is 2.00 bits per heavy atom. The standard InChI is InChI=1S/C15H19NO3/c1-15(2,3)11-6-4-10(5-7-11)13-8-12(19-16-13)9-14(17)18/h4-7,12H,8-9H2,1-3H3,(H,17,18). The van der Waals surface area contributed by atoms with Gasteiger partial charge >= 0.3 is 5.97 Å². The molecule has 0 radical (unpaired) electrons. The maximum Gasteiger partial charge on any atom is 0.307 e. The Morgan fingerprint density at radius 3 is 2.53 bits per heavy atom. The molecule has 1 aliphatic rings. The first-order chi connectivity index (χ1) is 8.86. The van der Waals surface area contributed by atoms with E-state index >= 15 is 0 Å². The molecule has 1 aromatic rings. The number of benzene rings is 1. The summed E-state index contributed by atoms with van der Waals surface area (Å²) in [6.45, 7) is 6.50. The highest BCUT2D eigenvalue weighted by atomic mass is 16.6. The fourth-order valence-corrected chi connectivity index (χ4v) is 2.07. The van der Waals surface area contributed by atoms with Crippen molar-refractivity contribution in [1.82, 2.24) is 0 Å². The number of hydrogen-bond donors (Lipinski definition) is 1. The van der Waals surface area contributed by atoms with Crippen molar-refractivity contribution < 1.29 is 14.7 Å². The number of carboxylic acids is 1. The highest BCUT2D eigenvalue weighted by molar-refractivity contribution is 6.01. The van der Waals surface area contributed by atoms with E-state index in [0.717, 1.165) is 11.3 Å². The zero-order valence-corrected chi connectivity index (χ0v) is 11.5. The monoisotopic (exact) mass is 261 g/mol. The summed E-state index contributed by atoms with van der Waals surface area (Å²) in [6.07, 6.45) is 0.212. The summed E-state index contributed by atoms with van der Waals surface area (Å²) in [5.41, 5.74) is 3.21. The number of aliphatic carboxylic acids is 1. The average Bonchev–Trinajstić information content (AvgIpc) is 2.75. The predicted molar refractivity (Wildman–Crippen MR) is 73.4 cm³/mol. The van der Waals surface area contributed by atoms with Crippen molar-refractivity contribution in [1.29, 1.82) is 0 Å². The van der Waals surface area contributed by atoms with Gasteiger partial charge in [0.2, 0.25) is 0 Å². The van der Waals surface area contributed by atoms with E-state index in [-0.39, 0.29) is 17.9 Å². The van der Waals surface area contributed by atoms with E-state index in [1.165, 1.54) is 5.56 Å². The Bertz CT molecular complexity index is 497. The van der Waals surface area contributed by atoms with Gasteiger partial charge in [-0.1, -0.05) is 50.2 Å². The molecule has 4 heteroatoms. The Kier molecular flexibility index (Phi) is 3.60. The predicted octanol–water partition coefficient (Wildman–Crippen LogP) is 2.95. The molecular formula is C15H19NO3.